The zero-order valence-electron chi connectivity index (χ0n) is 7.64. The summed E-state index contributed by atoms with van der Waals surface area (Å²) in [5.41, 5.74) is 0.314. The predicted molar refractivity (Wildman–Crippen MR) is 48.0 cm³/mol. The molecule has 1 rings (SSSR count). The van der Waals surface area contributed by atoms with Gasteiger partial charge in [0.15, 0.2) is 5.78 Å². The molecule has 1 aromatic rings. The lowest BCUT2D eigenvalue weighted by atomic mass is 10.0. The standard InChI is InChI=1S/C10H11FO3/c1-6(12)9(13)10(14)7-2-4-8(11)5-3-7/h2-5,9-10,13-14H,1H3/t9-,10-/m0/s1. The molecule has 2 atom stereocenters. The van der Waals surface area contributed by atoms with Crippen molar-refractivity contribution >= 4 is 5.78 Å². The molecule has 0 bridgehead atoms. The van der Waals surface area contributed by atoms with Crippen LogP contribution in [0.15, 0.2) is 24.3 Å². The maximum Gasteiger partial charge on any atom is 0.161 e. The van der Waals surface area contributed by atoms with E-state index in [1.807, 2.05) is 0 Å². The van der Waals surface area contributed by atoms with Gasteiger partial charge in [0.05, 0.1) is 0 Å². The molecule has 0 saturated heterocycles. The average molecular weight is 198 g/mol. The number of hydrogen-bond donors (Lipinski definition) is 2. The Morgan fingerprint density at radius 2 is 1.79 bits per heavy atom. The minimum absolute atomic E-state index is 0.314. The molecule has 0 fully saturated rings. The van der Waals surface area contributed by atoms with Crippen molar-refractivity contribution in [3.63, 3.8) is 0 Å². The van der Waals surface area contributed by atoms with E-state index in [0.717, 1.165) is 12.1 Å². The predicted octanol–water partition coefficient (Wildman–Crippen LogP) is 0.809. The van der Waals surface area contributed by atoms with Crippen molar-refractivity contribution in [1.29, 1.82) is 0 Å². The van der Waals surface area contributed by atoms with Crippen LogP contribution in [0, 0.1) is 5.82 Å². The summed E-state index contributed by atoms with van der Waals surface area (Å²) in [5, 5.41) is 18.7. The number of carbonyl (C=O) groups excluding carboxylic acids is 1. The highest BCUT2D eigenvalue weighted by Gasteiger charge is 2.21. The topological polar surface area (TPSA) is 57.5 Å². The number of carbonyl (C=O) groups is 1. The first-order valence-electron chi connectivity index (χ1n) is 4.14. The zero-order valence-corrected chi connectivity index (χ0v) is 7.64. The summed E-state index contributed by atoms with van der Waals surface area (Å²) in [7, 11) is 0. The Morgan fingerprint density at radius 1 is 1.29 bits per heavy atom. The van der Waals surface area contributed by atoms with Crippen molar-refractivity contribution in [2.45, 2.75) is 19.1 Å². The van der Waals surface area contributed by atoms with E-state index in [4.69, 9.17) is 0 Å². The highest BCUT2D eigenvalue weighted by molar-refractivity contribution is 5.80. The molecule has 0 aromatic heterocycles. The summed E-state index contributed by atoms with van der Waals surface area (Å²) in [4.78, 5) is 10.7. The fourth-order valence-corrected chi connectivity index (χ4v) is 1.06. The number of hydrogen-bond acceptors (Lipinski definition) is 3. The smallest absolute Gasteiger partial charge is 0.161 e. The molecule has 3 nitrogen and oxygen atoms in total. The molecule has 1 aromatic carbocycles. The Morgan fingerprint density at radius 3 is 2.21 bits per heavy atom. The van der Waals surface area contributed by atoms with Crippen molar-refractivity contribution in [1.82, 2.24) is 0 Å². The van der Waals surface area contributed by atoms with Crippen LogP contribution < -0.4 is 0 Å². The molecule has 0 unspecified atom stereocenters. The number of aliphatic hydroxyl groups excluding tert-OH is 2. The molecule has 0 aliphatic heterocycles. The fourth-order valence-electron chi connectivity index (χ4n) is 1.06. The van der Waals surface area contributed by atoms with Crippen LogP contribution in [0.2, 0.25) is 0 Å². The van der Waals surface area contributed by atoms with Crippen LogP contribution in [-0.4, -0.2) is 22.1 Å². The first-order valence-corrected chi connectivity index (χ1v) is 4.14. The van der Waals surface area contributed by atoms with E-state index < -0.39 is 23.8 Å². The normalized spacial score (nSPS) is 14.9. The van der Waals surface area contributed by atoms with Gasteiger partial charge in [0, 0.05) is 0 Å². The van der Waals surface area contributed by atoms with Crippen LogP contribution in [-0.2, 0) is 4.79 Å². The number of benzene rings is 1. The second-order valence-electron chi connectivity index (χ2n) is 3.05. The lowest BCUT2D eigenvalue weighted by Gasteiger charge is -2.15. The SMILES string of the molecule is CC(=O)[C@H](O)[C@@H](O)c1ccc(F)cc1. The minimum Gasteiger partial charge on any atom is -0.385 e. The van der Waals surface area contributed by atoms with Gasteiger partial charge in [-0.25, -0.2) is 4.39 Å². The molecule has 0 radical (unpaired) electrons. The number of Topliss-reactive ketones (excluding diaryl/α,β-unsaturated/α-hetero) is 1. The fraction of sp³-hybridized carbons (Fsp3) is 0.300. The van der Waals surface area contributed by atoms with E-state index in [9.17, 15) is 19.4 Å². The van der Waals surface area contributed by atoms with Gasteiger partial charge in [-0.05, 0) is 24.6 Å². The van der Waals surface area contributed by atoms with Crippen LogP contribution in [0.5, 0.6) is 0 Å². The average Bonchev–Trinajstić information content (AvgIpc) is 2.16. The zero-order chi connectivity index (χ0) is 10.7. The lowest BCUT2D eigenvalue weighted by molar-refractivity contribution is -0.130. The van der Waals surface area contributed by atoms with Crippen LogP contribution >= 0.6 is 0 Å². The van der Waals surface area contributed by atoms with Crippen molar-refractivity contribution < 1.29 is 19.4 Å². The highest BCUT2D eigenvalue weighted by Crippen LogP contribution is 2.17. The van der Waals surface area contributed by atoms with E-state index in [-0.39, 0.29) is 0 Å². The second kappa shape index (κ2) is 4.30. The first-order chi connectivity index (χ1) is 6.52. The van der Waals surface area contributed by atoms with Gasteiger partial charge in [0.2, 0.25) is 0 Å². The monoisotopic (exact) mass is 198 g/mol. The Labute approximate surface area is 80.8 Å². The Hall–Kier alpha value is -1.26. The van der Waals surface area contributed by atoms with Gasteiger partial charge in [-0.2, -0.15) is 0 Å². The molecule has 76 valence electrons. The van der Waals surface area contributed by atoms with Crippen LogP contribution in [0.25, 0.3) is 0 Å². The minimum atomic E-state index is -1.46. The summed E-state index contributed by atoms with van der Waals surface area (Å²) < 4.78 is 12.5. The molecular weight excluding hydrogens is 187 g/mol. The van der Waals surface area contributed by atoms with E-state index in [1.54, 1.807) is 0 Å². The van der Waals surface area contributed by atoms with Gasteiger partial charge in [-0.3, -0.25) is 4.79 Å². The number of halogens is 1. The molecule has 0 heterocycles. The molecule has 2 N–H and O–H groups in total. The molecule has 0 spiro atoms. The van der Waals surface area contributed by atoms with Gasteiger partial charge in [0.25, 0.3) is 0 Å². The van der Waals surface area contributed by atoms with Gasteiger partial charge in [-0.15, -0.1) is 0 Å². The van der Waals surface area contributed by atoms with Crippen LogP contribution in [0.4, 0.5) is 4.39 Å². The van der Waals surface area contributed by atoms with Crippen molar-refractivity contribution in [2.75, 3.05) is 0 Å². The van der Waals surface area contributed by atoms with Crippen molar-refractivity contribution in [2.24, 2.45) is 0 Å². The van der Waals surface area contributed by atoms with Gasteiger partial charge >= 0.3 is 0 Å². The largest absolute Gasteiger partial charge is 0.385 e. The Kier molecular flexibility index (Phi) is 3.33. The van der Waals surface area contributed by atoms with Crippen LogP contribution in [0.3, 0.4) is 0 Å². The Bertz CT molecular complexity index is 321. The maximum atomic E-state index is 12.5. The summed E-state index contributed by atoms with van der Waals surface area (Å²) in [6.07, 6.45) is -2.76. The number of ketones is 1. The number of rotatable bonds is 3. The molecule has 14 heavy (non-hydrogen) atoms. The van der Waals surface area contributed by atoms with Gasteiger partial charge in [-0.1, -0.05) is 12.1 Å². The summed E-state index contributed by atoms with van der Waals surface area (Å²) in [6.45, 7) is 1.18. The molecule has 0 amide bonds. The Balaban J connectivity index is 2.84. The summed E-state index contributed by atoms with van der Waals surface area (Å²) >= 11 is 0. The third-order valence-corrected chi connectivity index (χ3v) is 1.93. The van der Waals surface area contributed by atoms with Gasteiger partial charge in [0.1, 0.15) is 18.0 Å². The summed E-state index contributed by atoms with van der Waals surface area (Å²) in [5.74, 6) is -0.958. The van der Waals surface area contributed by atoms with Crippen molar-refractivity contribution in [3.8, 4) is 0 Å². The van der Waals surface area contributed by atoms with E-state index in [2.05, 4.69) is 0 Å². The molecule has 4 heteroatoms. The maximum absolute atomic E-state index is 12.5. The first kappa shape index (κ1) is 10.8. The third kappa shape index (κ3) is 2.37. The number of aliphatic hydroxyl groups is 2. The molecular formula is C10H11FO3. The van der Waals surface area contributed by atoms with Gasteiger partial charge < -0.3 is 10.2 Å². The summed E-state index contributed by atoms with van der Waals surface area (Å²) in [6, 6.07) is 4.97. The third-order valence-electron chi connectivity index (χ3n) is 1.93. The van der Waals surface area contributed by atoms with E-state index in [0.29, 0.717) is 5.56 Å². The molecule has 0 saturated carbocycles. The van der Waals surface area contributed by atoms with E-state index in [1.165, 1.54) is 19.1 Å². The van der Waals surface area contributed by atoms with E-state index >= 15 is 0 Å². The second-order valence-corrected chi connectivity index (χ2v) is 3.05. The molecule has 0 aliphatic rings. The lowest BCUT2D eigenvalue weighted by Crippen LogP contribution is -2.25. The highest BCUT2D eigenvalue weighted by atomic mass is 19.1. The quantitative estimate of drug-likeness (QED) is 0.755. The van der Waals surface area contributed by atoms with Crippen molar-refractivity contribution in [3.05, 3.63) is 35.6 Å². The molecule has 0 aliphatic carbocycles. The van der Waals surface area contributed by atoms with Crippen LogP contribution in [0.1, 0.15) is 18.6 Å².